The fourth-order valence-corrected chi connectivity index (χ4v) is 2.58. The zero-order chi connectivity index (χ0) is 19.3. The highest BCUT2D eigenvalue weighted by Crippen LogP contribution is 2.29. The van der Waals surface area contributed by atoms with Gasteiger partial charge in [-0.1, -0.05) is 42.5 Å². The molecule has 0 atom stereocenters. The summed E-state index contributed by atoms with van der Waals surface area (Å²) < 4.78 is 10.8. The molecular formula is C21H29N3O3. The molecular weight excluding hydrogens is 342 g/mol. The average molecular weight is 371 g/mol. The second-order valence-corrected chi connectivity index (χ2v) is 5.94. The molecule has 6 nitrogen and oxygen atoms in total. The van der Waals surface area contributed by atoms with E-state index in [1.807, 2.05) is 49.4 Å². The van der Waals surface area contributed by atoms with Gasteiger partial charge in [0.25, 0.3) is 0 Å². The number of para-hydroxylation sites is 1. The Morgan fingerprint density at radius 3 is 2.63 bits per heavy atom. The highest BCUT2D eigenvalue weighted by Gasteiger charge is 2.07. The molecule has 2 aromatic rings. The number of aliphatic imine (C=N–C) groups is 1. The molecule has 0 saturated heterocycles. The van der Waals surface area contributed by atoms with Crippen LogP contribution in [0, 0.1) is 0 Å². The smallest absolute Gasteiger partial charge is 0.191 e. The molecule has 0 aromatic heterocycles. The van der Waals surface area contributed by atoms with Crippen LogP contribution in [0.3, 0.4) is 0 Å². The van der Waals surface area contributed by atoms with Crippen LogP contribution in [0.2, 0.25) is 0 Å². The first kappa shape index (κ1) is 20.6. The molecule has 0 amide bonds. The van der Waals surface area contributed by atoms with E-state index in [4.69, 9.17) is 9.47 Å². The number of ether oxygens (including phenoxy) is 2. The summed E-state index contributed by atoms with van der Waals surface area (Å²) in [5, 5.41) is 16.6. The van der Waals surface area contributed by atoms with Crippen molar-refractivity contribution in [2.75, 3.05) is 33.4 Å². The number of hydrogen-bond acceptors (Lipinski definition) is 4. The van der Waals surface area contributed by atoms with Crippen molar-refractivity contribution in [2.24, 2.45) is 4.99 Å². The molecule has 2 aromatic carbocycles. The number of nitrogens with one attached hydrogen (secondary N) is 2. The van der Waals surface area contributed by atoms with E-state index in [9.17, 15) is 5.11 Å². The molecule has 2 rings (SSSR count). The lowest BCUT2D eigenvalue weighted by atomic mass is 10.1. The Kier molecular flexibility index (Phi) is 9.00. The monoisotopic (exact) mass is 371 g/mol. The molecule has 0 heterocycles. The number of nitrogens with zero attached hydrogens (tertiary/aromatic N) is 1. The molecule has 0 unspecified atom stereocenters. The van der Waals surface area contributed by atoms with Gasteiger partial charge in [0.05, 0.1) is 26.9 Å². The molecule has 146 valence electrons. The number of phenols is 1. The zero-order valence-electron chi connectivity index (χ0n) is 16.1. The van der Waals surface area contributed by atoms with Gasteiger partial charge in [-0.25, -0.2) is 0 Å². The third-order valence-corrected chi connectivity index (χ3v) is 3.95. The number of methoxy groups -OCH3 is 1. The first-order valence-corrected chi connectivity index (χ1v) is 9.23. The Bertz CT molecular complexity index is 705. The molecule has 0 aliphatic heterocycles. The maximum atomic E-state index is 10.1. The number of rotatable bonds is 10. The molecule has 0 saturated carbocycles. The Labute approximate surface area is 161 Å². The normalized spacial score (nSPS) is 11.3. The van der Waals surface area contributed by atoms with Gasteiger partial charge in [-0.15, -0.1) is 0 Å². The Morgan fingerprint density at radius 2 is 1.89 bits per heavy atom. The number of hydrogen-bond donors (Lipinski definition) is 3. The second kappa shape index (κ2) is 11.8. The molecule has 0 radical (unpaired) electrons. The molecule has 3 N–H and O–H groups in total. The summed E-state index contributed by atoms with van der Waals surface area (Å²) in [5.41, 5.74) is 1.99. The fourth-order valence-electron chi connectivity index (χ4n) is 2.58. The van der Waals surface area contributed by atoms with E-state index in [0.717, 1.165) is 23.6 Å². The van der Waals surface area contributed by atoms with Crippen LogP contribution in [-0.4, -0.2) is 44.4 Å². The van der Waals surface area contributed by atoms with Gasteiger partial charge in [0, 0.05) is 13.1 Å². The molecule has 0 bridgehead atoms. The molecule has 0 spiro atoms. The molecule has 0 fully saturated rings. The summed E-state index contributed by atoms with van der Waals surface area (Å²) >= 11 is 0. The highest BCUT2D eigenvalue weighted by atomic mass is 16.5. The summed E-state index contributed by atoms with van der Waals surface area (Å²) in [6, 6.07) is 15.6. The van der Waals surface area contributed by atoms with Crippen LogP contribution in [-0.2, 0) is 17.8 Å². The highest BCUT2D eigenvalue weighted by molar-refractivity contribution is 5.79. The Hall–Kier alpha value is -2.73. The summed E-state index contributed by atoms with van der Waals surface area (Å²) in [6.07, 6.45) is 0.665. The van der Waals surface area contributed by atoms with E-state index >= 15 is 0 Å². The Balaban J connectivity index is 1.74. The van der Waals surface area contributed by atoms with E-state index in [2.05, 4.69) is 15.6 Å². The minimum atomic E-state index is 0.193. The number of guanidine groups is 1. The number of aromatic hydroxyl groups is 1. The number of benzene rings is 2. The van der Waals surface area contributed by atoms with Gasteiger partial charge in [0.15, 0.2) is 17.5 Å². The van der Waals surface area contributed by atoms with Crippen LogP contribution in [0.25, 0.3) is 0 Å². The standard InChI is InChI=1S/C21H29N3O3/c1-3-22-21(24-14-15-27-16-17-8-5-4-6-9-17)23-13-12-18-10-7-11-19(26-2)20(18)25/h4-11,25H,3,12-16H2,1-2H3,(H2,22,23,24). The van der Waals surface area contributed by atoms with Crippen LogP contribution in [0.5, 0.6) is 11.5 Å². The first-order chi connectivity index (χ1) is 13.2. The second-order valence-electron chi connectivity index (χ2n) is 5.94. The number of phenolic OH excluding ortho intramolecular Hbond substituents is 1. The summed E-state index contributed by atoms with van der Waals surface area (Å²) in [6.45, 7) is 5.18. The van der Waals surface area contributed by atoms with E-state index in [-0.39, 0.29) is 5.75 Å². The van der Waals surface area contributed by atoms with Crippen molar-refractivity contribution in [1.29, 1.82) is 0 Å². The van der Waals surface area contributed by atoms with Crippen LogP contribution in [0.1, 0.15) is 18.1 Å². The third kappa shape index (κ3) is 7.19. The summed E-state index contributed by atoms with van der Waals surface area (Å²) in [4.78, 5) is 4.51. The predicted molar refractivity (Wildman–Crippen MR) is 108 cm³/mol. The minimum absolute atomic E-state index is 0.193. The van der Waals surface area contributed by atoms with Crippen molar-refractivity contribution < 1.29 is 14.6 Å². The Morgan fingerprint density at radius 1 is 1.07 bits per heavy atom. The van der Waals surface area contributed by atoms with Gasteiger partial charge in [-0.3, -0.25) is 4.99 Å². The molecule has 0 aliphatic carbocycles. The summed E-state index contributed by atoms with van der Waals surface area (Å²) in [5.74, 6) is 1.42. The first-order valence-electron chi connectivity index (χ1n) is 9.23. The minimum Gasteiger partial charge on any atom is -0.504 e. The third-order valence-electron chi connectivity index (χ3n) is 3.95. The lowest BCUT2D eigenvalue weighted by Gasteiger charge is -2.13. The van der Waals surface area contributed by atoms with Crippen molar-refractivity contribution in [3.8, 4) is 11.5 Å². The zero-order valence-corrected chi connectivity index (χ0v) is 16.1. The van der Waals surface area contributed by atoms with E-state index in [0.29, 0.717) is 38.5 Å². The van der Waals surface area contributed by atoms with Gasteiger partial charge in [-0.05, 0) is 30.5 Å². The molecule has 6 heteroatoms. The SMILES string of the molecule is CCNC(=NCCOCc1ccccc1)NCCc1cccc(OC)c1O. The van der Waals surface area contributed by atoms with Crippen LogP contribution >= 0.6 is 0 Å². The van der Waals surface area contributed by atoms with Gasteiger partial charge in [-0.2, -0.15) is 0 Å². The maximum absolute atomic E-state index is 10.1. The van der Waals surface area contributed by atoms with Crippen molar-refractivity contribution in [3.63, 3.8) is 0 Å². The molecule has 27 heavy (non-hydrogen) atoms. The molecule has 0 aliphatic rings. The van der Waals surface area contributed by atoms with Crippen molar-refractivity contribution in [1.82, 2.24) is 10.6 Å². The van der Waals surface area contributed by atoms with Crippen LogP contribution in [0.4, 0.5) is 0 Å². The van der Waals surface area contributed by atoms with Crippen molar-refractivity contribution in [2.45, 2.75) is 20.0 Å². The van der Waals surface area contributed by atoms with Gasteiger partial charge >= 0.3 is 0 Å². The van der Waals surface area contributed by atoms with Crippen molar-refractivity contribution >= 4 is 5.96 Å². The van der Waals surface area contributed by atoms with E-state index < -0.39 is 0 Å². The fraction of sp³-hybridized carbons (Fsp3) is 0.381. The maximum Gasteiger partial charge on any atom is 0.191 e. The predicted octanol–water partition coefficient (Wildman–Crippen LogP) is 2.72. The van der Waals surface area contributed by atoms with E-state index in [1.165, 1.54) is 0 Å². The van der Waals surface area contributed by atoms with Crippen molar-refractivity contribution in [3.05, 3.63) is 59.7 Å². The summed E-state index contributed by atoms with van der Waals surface area (Å²) in [7, 11) is 1.55. The average Bonchev–Trinajstić information content (AvgIpc) is 2.69. The van der Waals surface area contributed by atoms with E-state index in [1.54, 1.807) is 13.2 Å². The van der Waals surface area contributed by atoms with Gasteiger partial charge < -0.3 is 25.2 Å². The largest absolute Gasteiger partial charge is 0.504 e. The van der Waals surface area contributed by atoms with Gasteiger partial charge in [0.1, 0.15) is 0 Å². The van der Waals surface area contributed by atoms with Crippen LogP contribution < -0.4 is 15.4 Å². The quantitative estimate of drug-likeness (QED) is 0.340. The van der Waals surface area contributed by atoms with Crippen LogP contribution in [0.15, 0.2) is 53.5 Å². The lowest BCUT2D eigenvalue weighted by Crippen LogP contribution is -2.38. The lowest BCUT2D eigenvalue weighted by molar-refractivity contribution is 0.128. The van der Waals surface area contributed by atoms with Gasteiger partial charge in [0.2, 0.25) is 0 Å². The topological polar surface area (TPSA) is 75.1 Å².